The van der Waals surface area contributed by atoms with Crippen molar-refractivity contribution in [1.82, 2.24) is 4.90 Å². The monoisotopic (exact) mass is 341 g/mol. The number of fused-ring (bicyclic) bond motifs is 1. The van der Waals surface area contributed by atoms with Gasteiger partial charge in [-0.2, -0.15) is 0 Å². The molecule has 1 aliphatic heterocycles. The molecule has 1 amide bonds. The molecular weight excluding hydrogens is 322 g/mol. The first kappa shape index (κ1) is 16.8. The molecule has 2 aromatic carbocycles. The molecule has 0 bridgehead atoms. The molecule has 0 fully saturated rings. The number of carbonyl (C=O) groups excluding carboxylic acids is 1. The third-order valence-electron chi connectivity index (χ3n) is 4.21. The molecule has 0 aromatic heterocycles. The molecule has 0 aliphatic carbocycles. The predicted octanol–water partition coefficient (Wildman–Crippen LogP) is 2.11. The zero-order valence-corrected chi connectivity index (χ0v) is 13.8. The molecule has 1 heterocycles. The summed E-state index contributed by atoms with van der Waals surface area (Å²) in [5.41, 5.74) is 1.63. The van der Waals surface area contributed by atoms with Crippen molar-refractivity contribution in [3.05, 3.63) is 59.7 Å². The van der Waals surface area contributed by atoms with E-state index in [1.807, 2.05) is 30.3 Å². The van der Waals surface area contributed by atoms with E-state index in [1.165, 1.54) is 11.9 Å². The maximum atomic E-state index is 12.5. The van der Waals surface area contributed by atoms with E-state index >= 15 is 0 Å². The summed E-state index contributed by atoms with van der Waals surface area (Å²) in [6.45, 7) is 0.171. The third kappa shape index (κ3) is 3.91. The summed E-state index contributed by atoms with van der Waals surface area (Å²) in [6.07, 6.45) is 0.366. The molecule has 1 atom stereocenters. The van der Waals surface area contributed by atoms with Gasteiger partial charge in [0.25, 0.3) is 0 Å². The van der Waals surface area contributed by atoms with Crippen molar-refractivity contribution in [2.24, 2.45) is 0 Å². The van der Waals surface area contributed by atoms with Crippen molar-refractivity contribution in [2.75, 3.05) is 13.8 Å². The average Bonchev–Trinajstić information content (AvgIpc) is 3.07. The zero-order valence-electron chi connectivity index (χ0n) is 13.8. The average molecular weight is 341 g/mol. The molecule has 0 saturated heterocycles. The lowest BCUT2D eigenvalue weighted by atomic mass is 10.0. The molecule has 0 spiro atoms. The number of nitrogens with zero attached hydrogens (tertiary/aromatic N) is 1. The number of amides is 1. The van der Waals surface area contributed by atoms with Gasteiger partial charge in [-0.25, -0.2) is 4.79 Å². The Hall–Kier alpha value is -3.02. The summed E-state index contributed by atoms with van der Waals surface area (Å²) in [6, 6.07) is 13.7. The summed E-state index contributed by atoms with van der Waals surface area (Å²) >= 11 is 0. The second-order valence-electron chi connectivity index (χ2n) is 5.91. The number of rotatable bonds is 6. The molecule has 3 rings (SSSR count). The Kier molecular flexibility index (Phi) is 4.88. The molecule has 0 radical (unpaired) electrons. The number of hydrogen-bond donors (Lipinski definition) is 1. The van der Waals surface area contributed by atoms with E-state index in [0.29, 0.717) is 11.5 Å². The summed E-state index contributed by atoms with van der Waals surface area (Å²) < 4.78 is 10.6. The molecule has 1 aliphatic rings. The largest absolute Gasteiger partial charge is 0.480 e. The topological polar surface area (TPSA) is 76.1 Å². The minimum absolute atomic E-state index is 0.103. The van der Waals surface area contributed by atoms with Crippen molar-refractivity contribution in [3.63, 3.8) is 0 Å². The lowest BCUT2D eigenvalue weighted by Crippen LogP contribution is -2.44. The zero-order chi connectivity index (χ0) is 17.8. The first-order chi connectivity index (χ1) is 12.0. The first-order valence-electron chi connectivity index (χ1n) is 7.95. The molecule has 0 saturated carbocycles. The molecule has 6 nitrogen and oxygen atoms in total. The minimum Gasteiger partial charge on any atom is -0.480 e. The van der Waals surface area contributed by atoms with Gasteiger partial charge >= 0.3 is 5.97 Å². The van der Waals surface area contributed by atoms with Gasteiger partial charge < -0.3 is 19.5 Å². The predicted molar refractivity (Wildman–Crippen MR) is 90.6 cm³/mol. The third-order valence-corrected chi connectivity index (χ3v) is 4.21. The fourth-order valence-corrected chi connectivity index (χ4v) is 2.75. The van der Waals surface area contributed by atoms with Crippen molar-refractivity contribution < 1.29 is 24.2 Å². The Morgan fingerprint density at radius 2 is 1.80 bits per heavy atom. The van der Waals surface area contributed by atoms with Gasteiger partial charge in [-0.15, -0.1) is 0 Å². The van der Waals surface area contributed by atoms with Crippen LogP contribution in [0.15, 0.2) is 48.5 Å². The molecular formula is C19H19NO5. The summed E-state index contributed by atoms with van der Waals surface area (Å²) in [5.74, 6) is -0.0309. The van der Waals surface area contributed by atoms with Gasteiger partial charge in [-0.05, 0) is 23.3 Å². The van der Waals surface area contributed by atoms with Gasteiger partial charge in [0.15, 0.2) is 11.5 Å². The quantitative estimate of drug-likeness (QED) is 0.871. The van der Waals surface area contributed by atoms with Gasteiger partial charge in [0, 0.05) is 13.5 Å². The molecule has 1 N–H and O–H groups in total. The lowest BCUT2D eigenvalue weighted by Gasteiger charge is -2.25. The fourth-order valence-electron chi connectivity index (χ4n) is 2.75. The van der Waals surface area contributed by atoms with Crippen LogP contribution in [0, 0.1) is 0 Å². The smallest absolute Gasteiger partial charge is 0.326 e. The molecule has 6 heteroatoms. The number of carboxylic acids is 1. The first-order valence-corrected chi connectivity index (χ1v) is 7.95. The standard InChI is InChI=1S/C19H19NO5/c1-20(15(19(22)23)9-13-5-3-2-4-6-13)18(21)11-14-7-8-16-17(10-14)25-12-24-16/h2-8,10,15H,9,11-12H2,1H3,(H,22,23). The van der Waals surface area contributed by atoms with Crippen LogP contribution >= 0.6 is 0 Å². The van der Waals surface area contributed by atoms with Crippen molar-refractivity contribution in [2.45, 2.75) is 18.9 Å². The molecule has 1 unspecified atom stereocenters. The van der Waals surface area contributed by atoms with Crippen LogP contribution in [0.25, 0.3) is 0 Å². The number of benzene rings is 2. The van der Waals surface area contributed by atoms with E-state index in [-0.39, 0.29) is 25.5 Å². The number of carboxylic acid groups (broad SMARTS) is 1. The maximum absolute atomic E-state index is 12.5. The Morgan fingerprint density at radius 3 is 2.52 bits per heavy atom. The van der Waals surface area contributed by atoms with Crippen molar-refractivity contribution in [3.8, 4) is 11.5 Å². The number of aliphatic carboxylic acids is 1. The van der Waals surface area contributed by atoms with Crippen LogP contribution in [0.4, 0.5) is 0 Å². The van der Waals surface area contributed by atoms with E-state index in [9.17, 15) is 14.7 Å². The summed E-state index contributed by atoms with van der Waals surface area (Å²) in [4.78, 5) is 25.5. The number of hydrogen-bond acceptors (Lipinski definition) is 4. The van der Waals surface area contributed by atoms with Crippen LogP contribution in [-0.4, -0.2) is 41.8 Å². The number of carbonyl (C=O) groups is 2. The van der Waals surface area contributed by atoms with E-state index < -0.39 is 12.0 Å². The fraction of sp³-hybridized carbons (Fsp3) is 0.263. The highest BCUT2D eigenvalue weighted by Crippen LogP contribution is 2.32. The highest BCUT2D eigenvalue weighted by molar-refractivity contribution is 5.85. The highest BCUT2D eigenvalue weighted by Gasteiger charge is 2.27. The Morgan fingerprint density at radius 1 is 1.08 bits per heavy atom. The molecule has 25 heavy (non-hydrogen) atoms. The Balaban J connectivity index is 1.69. The second kappa shape index (κ2) is 7.25. The van der Waals surface area contributed by atoms with Gasteiger partial charge in [-0.3, -0.25) is 4.79 Å². The van der Waals surface area contributed by atoms with Gasteiger partial charge in [-0.1, -0.05) is 36.4 Å². The number of likely N-dealkylation sites (N-methyl/N-ethyl adjacent to an activating group) is 1. The SMILES string of the molecule is CN(C(=O)Cc1ccc2c(c1)OCO2)C(Cc1ccccc1)C(=O)O. The van der Waals surface area contributed by atoms with E-state index in [4.69, 9.17) is 9.47 Å². The van der Waals surface area contributed by atoms with E-state index in [1.54, 1.807) is 18.2 Å². The molecule has 130 valence electrons. The second-order valence-corrected chi connectivity index (χ2v) is 5.91. The van der Waals surface area contributed by atoms with Crippen LogP contribution < -0.4 is 9.47 Å². The van der Waals surface area contributed by atoms with Crippen LogP contribution in [0.5, 0.6) is 11.5 Å². The van der Waals surface area contributed by atoms with Gasteiger partial charge in [0.1, 0.15) is 6.04 Å². The highest BCUT2D eigenvalue weighted by atomic mass is 16.7. The van der Waals surface area contributed by atoms with Gasteiger partial charge in [0.2, 0.25) is 12.7 Å². The Bertz CT molecular complexity index is 775. The lowest BCUT2D eigenvalue weighted by molar-refractivity contribution is -0.148. The molecule has 2 aromatic rings. The summed E-state index contributed by atoms with van der Waals surface area (Å²) in [7, 11) is 1.52. The van der Waals surface area contributed by atoms with Crippen molar-refractivity contribution >= 4 is 11.9 Å². The van der Waals surface area contributed by atoms with Gasteiger partial charge in [0.05, 0.1) is 6.42 Å². The van der Waals surface area contributed by atoms with E-state index in [2.05, 4.69) is 0 Å². The van der Waals surface area contributed by atoms with Crippen LogP contribution in [0.1, 0.15) is 11.1 Å². The summed E-state index contributed by atoms with van der Waals surface area (Å²) in [5, 5.41) is 9.52. The van der Waals surface area contributed by atoms with Crippen LogP contribution in [0.3, 0.4) is 0 Å². The number of ether oxygens (including phenoxy) is 2. The van der Waals surface area contributed by atoms with E-state index in [0.717, 1.165) is 11.1 Å². The van der Waals surface area contributed by atoms with Crippen LogP contribution in [0.2, 0.25) is 0 Å². The van der Waals surface area contributed by atoms with Crippen molar-refractivity contribution in [1.29, 1.82) is 0 Å². The normalized spacial score (nSPS) is 13.3. The maximum Gasteiger partial charge on any atom is 0.326 e. The minimum atomic E-state index is -1.02. The van der Waals surface area contributed by atoms with Crippen LogP contribution in [-0.2, 0) is 22.4 Å². The Labute approximate surface area is 145 Å².